The highest BCUT2D eigenvalue weighted by atomic mass is 35.5. The first-order valence-corrected chi connectivity index (χ1v) is 9.70. The largest absolute Gasteiger partial charge is 0.326 e. The first-order valence-electron chi connectivity index (χ1n) is 5.35. The topological polar surface area (TPSA) is 146 Å². The van der Waals surface area contributed by atoms with Gasteiger partial charge in [0.05, 0.1) is 15.5 Å². The van der Waals surface area contributed by atoms with Gasteiger partial charge in [-0.3, -0.25) is 0 Å². The molecule has 0 saturated heterocycles. The molecule has 0 heterocycles. The smallest absolute Gasteiger partial charge is 0.213 e. The molecule has 0 aromatic heterocycles. The number of halogens is 3. The number of nitrogens with two attached hydrogens (primary N) is 3. The molecule has 1 rings (SSSR count). The van der Waals surface area contributed by atoms with E-state index in [1.807, 2.05) is 0 Å². The Labute approximate surface area is 132 Å². The number of hydrogen-bond acceptors (Lipinski definition) is 5. The highest BCUT2D eigenvalue weighted by Crippen LogP contribution is 2.39. The van der Waals surface area contributed by atoms with E-state index in [9.17, 15) is 16.8 Å². The third-order valence-electron chi connectivity index (χ3n) is 3.27. The Kier molecular flexibility index (Phi) is 5.76. The van der Waals surface area contributed by atoms with Gasteiger partial charge in [-0.1, -0.05) is 34.8 Å². The first kappa shape index (κ1) is 18.4. The number of sulfonamides is 2. The van der Waals surface area contributed by atoms with Crippen molar-refractivity contribution in [1.29, 1.82) is 0 Å². The lowest BCUT2D eigenvalue weighted by Crippen LogP contribution is -2.54. The van der Waals surface area contributed by atoms with E-state index in [1.54, 1.807) is 0 Å². The van der Waals surface area contributed by atoms with E-state index in [0.717, 1.165) is 0 Å². The highest BCUT2D eigenvalue weighted by molar-refractivity contribution is 7.90. The molecule has 0 spiro atoms. The maximum absolute atomic E-state index is 11.6. The van der Waals surface area contributed by atoms with Gasteiger partial charge in [-0.2, -0.15) is 0 Å². The minimum absolute atomic E-state index is 0.0655. The van der Waals surface area contributed by atoms with Crippen molar-refractivity contribution in [2.24, 2.45) is 21.9 Å². The molecule has 20 heavy (non-hydrogen) atoms. The average molecular weight is 387 g/mol. The Morgan fingerprint density at radius 2 is 1.35 bits per heavy atom. The van der Waals surface area contributed by atoms with Crippen molar-refractivity contribution < 1.29 is 16.8 Å². The Hall–Kier alpha value is 0.390. The summed E-state index contributed by atoms with van der Waals surface area (Å²) in [6.45, 7) is 0. The molecule has 1 aliphatic carbocycles. The summed E-state index contributed by atoms with van der Waals surface area (Å²) in [7, 11) is -8.09. The van der Waals surface area contributed by atoms with Crippen LogP contribution in [0, 0.1) is 5.92 Å². The standard InChI is InChI=1S/C8H14Cl3N3O4S2/c9-7(8(10)11)3-1-4(12)6(20(14,17)18)2-5(3)19(13,15)16/h3-6H,1-2,12H2,(H2,13,15,16)(H2,14,17,18). The Balaban J connectivity index is 3.28. The lowest BCUT2D eigenvalue weighted by Gasteiger charge is -2.37. The van der Waals surface area contributed by atoms with Crippen molar-refractivity contribution in [3.8, 4) is 0 Å². The summed E-state index contributed by atoms with van der Waals surface area (Å²) >= 11 is 17.0. The van der Waals surface area contributed by atoms with Gasteiger partial charge in [0.15, 0.2) is 0 Å². The molecule has 12 heteroatoms. The van der Waals surface area contributed by atoms with Gasteiger partial charge in [-0.15, -0.1) is 0 Å². The van der Waals surface area contributed by atoms with Crippen molar-refractivity contribution in [2.45, 2.75) is 29.4 Å². The van der Waals surface area contributed by atoms with Crippen molar-refractivity contribution in [2.75, 3.05) is 0 Å². The molecule has 6 N–H and O–H groups in total. The molecule has 1 saturated carbocycles. The van der Waals surface area contributed by atoms with Crippen LogP contribution < -0.4 is 16.0 Å². The van der Waals surface area contributed by atoms with Gasteiger partial charge in [0.1, 0.15) is 4.49 Å². The second-order valence-electron chi connectivity index (χ2n) is 4.61. The zero-order chi connectivity index (χ0) is 15.9. The van der Waals surface area contributed by atoms with E-state index in [4.69, 9.17) is 50.8 Å². The molecule has 0 aliphatic heterocycles. The second kappa shape index (κ2) is 6.25. The molecule has 4 atom stereocenters. The van der Waals surface area contributed by atoms with Crippen molar-refractivity contribution >= 4 is 54.8 Å². The molecule has 118 valence electrons. The molecular weight excluding hydrogens is 373 g/mol. The van der Waals surface area contributed by atoms with Gasteiger partial charge < -0.3 is 5.73 Å². The fraction of sp³-hybridized carbons (Fsp3) is 0.750. The van der Waals surface area contributed by atoms with Gasteiger partial charge in [0, 0.05) is 12.0 Å². The van der Waals surface area contributed by atoms with E-state index in [2.05, 4.69) is 0 Å². The van der Waals surface area contributed by atoms with Crippen molar-refractivity contribution in [3.05, 3.63) is 9.52 Å². The minimum atomic E-state index is -4.08. The van der Waals surface area contributed by atoms with Gasteiger partial charge in [-0.05, 0) is 12.8 Å². The summed E-state index contributed by atoms with van der Waals surface area (Å²) in [4.78, 5) is 0. The summed E-state index contributed by atoms with van der Waals surface area (Å²) in [5.41, 5.74) is 5.74. The lowest BCUT2D eigenvalue weighted by atomic mass is 9.85. The van der Waals surface area contributed by atoms with Crippen LogP contribution in [0.15, 0.2) is 9.52 Å². The fourth-order valence-electron chi connectivity index (χ4n) is 2.31. The van der Waals surface area contributed by atoms with E-state index < -0.39 is 42.5 Å². The maximum atomic E-state index is 11.6. The molecule has 0 aromatic rings. The van der Waals surface area contributed by atoms with Crippen LogP contribution >= 0.6 is 34.8 Å². The summed E-state index contributed by atoms with van der Waals surface area (Å²) < 4.78 is 45.8. The molecule has 0 amide bonds. The predicted octanol–water partition coefficient (Wildman–Crippen LogP) is -0.0766. The summed E-state index contributed by atoms with van der Waals surface area (Å²) in [6, 6.07) is -0.894. The van der Waals surface area contributed by atoms with Crippen LogP contribution in [-0.4, -0.2) is 33.4 Å². The molecule has 0 bridgehead atoms. The molecule has 0 radical (unpaired) electrons. The predicted molar refractivity (Wildman–Crippen MR) is 79.1 cm³/mol. The number of primary sulfonamides is 2. The van der Waals surface area contributed by atoms with Crippen LogP contribution in [0.4, 0.5) is 0 Å². The Morgan fingerprint density at radius 3 is 1.70 bits per heavy atom. The molecule has 0 aromatic carbocycles. The van der Waals surface area contributed by atoms with Crippen molar-refractivity contribution in [3.63, 3.8) is 0 Å². The highest BCUT2D eigenvalue weighted by Gasteiger charge is 2.46. The fourth-order valence-corrected chi connectivity index (χ4v) is 5.29. The molecular formula is C8H14Cl3N3O4S2. The summed E-state index contributed by atoms with van der Waals surface area (Å²) in [5.74, 6) is -0.871. The Morgan fingerprint density at radius 1 is 0.900 bits per heavy atom. The third kappa shape index (κ3) is 4.20. The maximum Gasteiger partial charge on any atom is 0.213 e. The van der Waals surface area contributed by atoms with E-state index in [-0.39, 0.29) is 22.4 Å². The molecule has 7 nitrogen and oxygen atoms in total. The van der Waals surface area contributed by atoms with E-state index >= 15 is 0 Å². The number of rotatable bonds is 3. The van der Waals surface area contributed by atoms with Crippen LogP contribution in [0.2, 0.25) is 0 Å². The molecule has 1 aliphatic rings. The van der Waals surface area contributed by atoms with Crippen molar-refractivity contribution in [1.82, 2.24) is 0 Å². The number of allylic oxidation sites excluding steroid dienone is 1. The molecule has 4 unspecified atom stereocenters. The zero-order valence-corrected chi connectivity index (χ0v) is 13.9. The van der Waals surface area contributed by atoms with Gasteiger partial charge in [0.25, 0.3) is 0 Å². The van der Waals surface area contributed by atoms with Crippen LogP contribution in [0.3, 0.4) is 0 Å². The van der Waals surface area contributed by atoms with Crippen LogP contribution in [-0.2, 0) is 20.0 Å². The van der Waals surface area contributed by atoms with Gasteiger partial charge in [0.2, 0.25) is 20.0 Å². The summed E-state index contributed by atoms with van der Waals surface area (Å²) in [5, 5.41) is 7.56. The molecule has 1 fully saturated rings. The first-order chi connectivity index (χ1) is 8.85. The van der Waals surface area contributed by atoms with Gasteiger partial charge >= 0.3 is 0 Å². The van der Waals surface area contributed by atoms with Crippen LogP contribution in [0.25, 0.3) is 0 Å². The SMILES string of the molecule is NC1CC(C(Cl)=C(Cl)Cl)C(S(N)(=O)=O)CC1S(N)(=O)=O. The quantitative estimate of drug-likeness (QED) is 0.621. The lowest BCUT2D eigenvalue weighted by molar-refractivity contribution is 0.363. The summed E-state index contributed by atoms with van der Waals surface area (Å²) in [6.07, 6.45) is -0.426. The normalized spacial score (nSPS) is 31.9. The monoisotopic (exact) mass is 385 g/mol. The van der Waals surface area contributed by atoms with Gasteiger partial charge in [-0.25, -0.2) is 27.1 Å². The number of hydrogen-bond donors (Lipinski definition) is 3. The van der Waals surface area contributed by atoms with Crippen LogP contribution in [0.5, 0.6) is 0 Å². The van der Waals surface area contributed by atoms with E-state index in [0.29, 0.717) is 0 Å². The van der Waals surface area contributed by atoms with E-state index in [1.165, 1.54) is 0 Å². The van der Waals surface area contributed by atoms with Crippen LogP contribution in [0.1, 0.15) is 12.8 Å². The third-order valence-corrected chi connectivity index (χ3v) is 7.09. The minimum Gasteiger partial charge on any atom is -0.326 e. The zero-order valence-electron chi connectivity index (χ0n) is 10.0. The Bertz CT molecular complexity index is 615. The second-order valence-corrected chi connectivity index (χ2v) is 9.53. The average Bonchev–Trinajstić information content (AvgIpc) is 2.23.